The van der Waals surface area contributed by atoms with Gasteiger partial charge in [-0.3, -0.25) is 4.90 Å². The molecule has 1 aliphatic rings. The first-order valence-corrected chi connectivity index (χ1v) is 6.18. The first kappa shape index (κ1) is 11.6. The summed E-state index contributed by atoms with van der Waals surface area (Å²) in [6.45, 7) is 3.14. The molecule has 1 saturated carbocycles. The van der Waals surface area contributed by atoms with Crippen LogP contribution in [0.5, 0.6) is 0 Å². The number of nitrogens with two attached hydrogens (primary N) is 1. The number of rotatable bonds is 3. The van der Waals surface area contributed by atoms with Gasteiger partial charge in [-0.2, -0.15) is 0 Å². The Bertz CT molecular complexity index is 331. The van der Waals surface area contributed by atoms with Crippen LogP contribution in [-0.2, 0) is 6.54 Å². The van der Waals surface area contributed by atoms with Crippen molar-refractivity contribution in [1.29, 1.82) is 0 Å². The van der Waals surface area contributed by atoms with E-state index in [1.807, 2.05) is 0 Å². The van der Waals surface area contributed by atoms with Gasteiger partial charge in [0, 0.05) is 18.6 Å². The van der Waals surface area contributed by atoms with Crippen LogP contribution < -0.4 is 5.73 Å². The van der Waals surface area contributed by atoms with Gasteiger partial charge < -0.3 is 5.73 Å². The molecule has 0 radical (unpaired) electrons. The number of aryl methyl sites for hydroxylation is 1. The molecular formula is C14H22N2. The van der Waals surface area contributed by atoms with Gasteiger partial charge in [0.2, 0.25) is 0 Å². The lowest BCUT2D eigenvalue weighted by atomic mass is 10.1. The zero-order valence-electron chi connectivity index (χ0n) is 10.3. The molecule has 1 aromatic rings. The molecule has 1 aromatic carbocycles. The average molecular weight is 218 g/mol. The highest BCUT2D eigenvalue weighted by molar-refractivity contribution is 5.21. The van der Waals surface area contributed by atoms with Gasteiger partial charge >= 0.3 is 0 Å². The average Bonchev–Trinajstić information content (AvgIpc) is 2.68. The molecule has 0 aliphatic heterocycles. The summed E-state index contributed by atoms with van der Waals surface area (Å²) in [5.74, 6) is 0. The van der Waals surface area contributed by atoms with Crippen molar-refractivity contribution in [2.75, 3.05) is 7.05 Å². The van der Waals surface area contributed by atoms with E-state index in [2.05, 4.69) is 43.1 Å². The van der Waals surface area contributed by atoms with Crippen LogP contribution in [0.1, 0.15) is 30.4 Å². The quantitative estimate of drug-likeness (QED) is 0.843. The molecule has 0 bridgehead atoms. The molecular weight excluding hydrogens is 196 g/mol. The fraction of sp³-hybridized carbons (Fsp3) is 0.571. The zero-order chi connectivity index (χ0) is 11.5. The summed E-state index contributed by atoms with van der Waals surface area (Å²) < 4.78 is 0. The second kappa shape index (κ2) is 4.98. The molecule has 88 valence electrons. The number of hydrogen-bond acceptors (Lipinski definition) is 2. The highest BCUT2D eigenvalue weighted by atomic mass is 15.1. The van der Waals surface area contributed by atoms with Crippen molar-refractivity contribution in [3.63, 3.8) is 0 Å². The van der Waals surface area contributed by atoms with E-state index in [9.17, 15) is 0 Å². The lowest BCUT2D eigenvalue weighted by molar-refractivity contribution is 0.220. The van der Waals surface area contributed by atoms with Gasteiger partial charge in [0.25, 0.3) is 0 Å². The van der Waals surface area contributed by atoms with Crippen molar-refractivity contribution in [2.24, 2.45) is 5.73 Å². The Balaban J connectivity index is 1.96. The van der Waals surface area contributed by atoms with Crippen LogP contribution in [0.2, 0.25) is 0 Å². The van der Waals surface area contributed by atoms with Crippen molar-refractivity contribution in [3.8, 4) is 0 Å². The number of nitrogens with zero attached hydrogens (tertiary/aromatic N) is 1. The van der Waals surface area contributed by atoms with Crippen molar-refractivity contribution in [1.82, 2.24) is 4.90 Å². The number of likely N-dealkylation sites (N-methyl/N-ethyl adjacent to an activating group) is 1. The van der Waals surface area contributed by atoms with Crippen LogP contribution in [0.15, 0.2) is 24.3 Å². The van der Waals surface area contributed by atoms with Crippen molar-refractivity contribution >= 4 is 0 Å². The van der Waals surface area contributed by atoms with Crippen LogP contribution in [0.25, 0.3) is 0 Å². The second-order valence-electron chi connectivity index (χ2n) is 5.06. The Morgan fingerprint density at radius 3 is 2.50 bits per heavy atom. The minimum absolute atomic E-state index is 0.371. The van der Waals surface area contributed by atoms with Gasteiger partial charge in [-0.15, -0.1) is 0 Å². The Kier molecular flexibility index (Phi) is 3.62. The normalized spacial score (nSPS) is 25.2. The fourth-order valence-electron chi connectivity index (χ4n) is 2.62. The Morgan fingerprint density at radius 2 is 1.94 bits per heavy atom. The largest absolute Gasteiger partial charge is 0.326 e. The zero-order valence-corrected chi connectivity index (χ0v) is 10.3. The molecule has 1 aliphatic carbocycles. The summed E-state index contributed by atoms with van der Waals surface area (Å²) in [4.78, 5) is 2.41. The summed E-state index contributed by atoms with van der Waals surface area (Å²) in [5.41, 5.74) is 8.82. The molecule has 0 heterocycles. The smallest absolute Gasteiger partial charge is 0.0247 e. The Morgan fingerprint density at radius 1 is 1.25 bits per heavy atom. The van der Waals surface area contributed by atoms with Gasteiger partial charge in [0.1, 0.15) is 0 Å². The predicted molar refractivity (Wildman–Crippen MR) is 68.3 cm³/mol. The third kappa shape index (κ3) is 2.63. The highest BCUT2D eigenvalue weighted by Crippen LogP contribution is 2.23. The summed E-state index contributed by atoms with van der Waals surface area (Å²) in [6.07, 6.45) is 3.72. The first-order chi connectivity index (χ1) is 7.66. The third-order valence-electron chi connectivity index (χ3n) is 3.65. The summed E-state index contributed by atoms with van der Waals surface area (Å²) in [7, 11) is 2.19. The minimum atomic E-state index is 0.371. The van der Waals surface area contributed by atoms with Gasteiger partial charge in [0.15, 0.2) is 0 Å². The highest BCUT2D eigenvalue weighted by Gasteiger charge is 2.27. The molecule has 16 heavy (non-hydrogen) atoms. The summed E-state index contributed by atoms with van der Waals surface area (Å²) >= 11 is 0. The van der Waals surface area contributed by atoms with Crippen LogP contribution in [0.3, 0.4) is 0 Å². The Hall–Kier alpha value is -0.860. The van der Waals surface area contributed by atoms with E-state index in [0.29, 0.717) is 12.1 Å². The molecule has 2 rings (SSSR count). The first-order valence-electron chi connectivity index (χ1n) is 6.18. The van der Waals surface area contributed by atoms with Gasteiger partial charge in [-0.1, -0.05) is 36.2 Å². The standard InChI is InChI=1S/C14H22N2/c1-11-6-8-12(9-7-11)10-16(2)14-5-3-4-13(14)15/h6-9,13-14H,3-5,10,15H2,1-2H3. The molecule has 1 fully saturated rings. The monoisotopic (exact) mass is 218 g/mol. The molecule has 2 atom stereocenters. The van der Waals surface area contributed by atoms with Crippen molar-refractivity contribution in [2.45, 2.75) is 44.8 Å². The number of hydrogen-bond donors (Lipinski definition) is 1. The second-order valence-corrected chi connectivity index (χ2v) is 5.06. The van der Waals surface area contributed by atoms with E-state index in [1.165, 1.54) is 30.4 Å². The molecule has 0 spiro atoms. The maximum absolute atomic E-state index is 6.12. The number of benzene rings is 1. The molecule has 2 unspecified atom stereocenters. The molecule has 0 aromatic heterocycles. The van der Waals surface area contributed by atoms with E-state index in [4.69, 9.17) is 5.73 Å². The van der Waals surface area contributed by atoms with E-state index < -0.39 is 0 Å². The summed E-state index contributed by atoms with van der Waals surface area (Å²) in [5, 5.41) is 0. The van der Waals surface area contributed by atoms with Crippen LogP contribution in [-0.4, -0.2) is 24.0 Å². The topological polar surface area (TPSA) is 29.3 Å². The maximum Gasteiger partial charge on any atom is 0.0247 e. The van der Waals surface area contributed by atoms with Gasteiger partial charge in [-0.25, -0.2) is 0 Å². The SMILES string of the molecule is Cc1ccc(CN(C)C2CCCC2N)cc1. The van der Waals surface area contributed by atoms with Crippen LogP contribution in [0, 0.1) is 6.92 Å². The molecule has 2 nitrogen and oxygen atoms in total. The fourth-order valence-corrected chi connectivity index (χ4v) is 2.62. The lowest BCUT2D eigenvalue weighted by Gasteiger charge is -2.27. The van der Waals surface area contributed by atoms with Crippen LogP contribution >= 0.6 is 0 Å². The predicted octanol–water partition coefficient (Wildman–Crippen LogP) is 2.31. The van der Waals surface area contributed by atoms with E-state index in [-0.39, 0.29) is 0 Å². The van der Waals surface area contributed by atoms with E-state index in [1.54, 1.807) is 0 Å². The molecule has 2 heteroatoms. The molecule has 0 amide bonds. The molecule has 0 saturated heterocycles. The third-order valence-corrected chi connectivity index (χ3v) is 3.65. The maximum atomic E-state index is 6.12. The summed E-state index contributed by atoms with van der Waals surface area (Å²) in [6, 6.07) is 9.73. The van der Waals surface area contributed by atoms with Gasteiger partial charge in [0.05, 0.1) is 0 Å². The lowest BCUT2D eigenvalue weighted by Crippen LogP contribution is -2.41. The van der Waals surface area contributed by atoms with Crippen molar-refractivity contribution in [3.05, 3.63) is 35.4 Å². The van der Waals surface area contributed by atoms with Gasteiger partial charge in [-0.05, 0) is 32.4 Å². The molecule has 2 N–H and O–H groups in total. The van der Waals surface area contributed by atoms with Crippen molar-refractivity contribution < 1.29 is 0 Å². The minimum Gasteiger partial charge on any atom is -0.326 e. The van der Waals surface area contributed by atoms with E-state index >= 15 is 0 Å². The van der Waals surface area contributed by atoms with Crippen LogP contribution in [0.4, 0.5) is 0 Å². The van der Waals surface area contributed by atoms with E-state index in [0.717, 1.165) is 6.54 Å². The Labute approximate surface area is 98.4 Å².